The van der Waals surface area contributed by atoms with E-state index in [0.717, 1.165) is 48.6 Å². The van der Waals surface area contributed by atoms with Crippen molar-refractivity contribution in [1.82, 2.24) is 9.97 Å². The van der Waals surface area contributed by atoms with Crippen molar-refractivity contribution in [1.29, 1.82) is 0 Å². The SMILES string of the molecule is Cc1cnccc1NCc1cccnc1N1CCC(C(N)=O)CC1. The largest absolute Gasteiger partial charge is 0.381 e. The number of primary amides is 1. The Balaban J connectivity index is 1.70. The van der Waals surface area contributed by atoms with Crippen LogP contribution in [0, 0.1) is 12.8 Å². The highest BCUT2D eigenvalue weighted by Gasteiger charge is 2.24. The minimum absolute atomic E-state index is 0.00833. The van der Waals surface area contributed by atoms with Gasteiger partial charge >= 0.3 is 0 Å². The van der Waals surface area contributed by atoms with Crippen LogP contribution in [0.3, 0.4) is 0 Å². The summed E-state index contributed by atoms with van der Waals surface area (Å²) in [6.45, 7) is 4.36. The fraction of sp³-hybridized carbons (Fsp3) is 0.389. The highest BCUT2D eigenvalue weighted by atomic mass is 16.1. The quantitative estimate of drug-likeness (QED) is 0.879. The molecule has 1 aliphatic heterocycles. The summed E-state index contributed by atoms with van der Waals surface area (Å²) in [4.78, 5) is 22.3. The summed E-state index contributed by atoms with van der Waals surface area (Å²) in [6.07, 6.45) is 7.04. The molecule has 2 aromatic rings. The Hall–Kier alpha value is -2.63. The molecule has 1 aliphatic rings. The van der Waals surface area contributed by atoms with E-state index < -0.39 is 0 Å². The van der Waals surface area contributed by atoms with Gasteiger partial charge in [0.2, 0.25) is 5.91 Å². The van der Waals surface area contributed by atoms with Crippen LogP contribution in [0.15, 0.2) is 36.8 Å². The number of hydrogen-bond donors (Lipinski definition) is 2. The third-order valence-corrected chi connectivity index (χ3v) is 4.55. The van der Waals surface area contributed by atoms with E-state index in [1.165, 1.54) is 0 Å². The zero-order valence-electron chi connectivity index (χ0n) is 13.9. The fourth-order valence-corrected chi connectivity index (χ4v) is 3.09. The van der Waals surface area contributed by atoms with Crippen LogP contribution in [0.4, 0.5) is 11.5 Å². The molecular formula is C18H23N5O. The average Bonchev–Trinajstić information content (AvgIpc) is 2.61. The van der Waals surface area contributed by atoms with Crippen LogP contribution in [-0.2, 0) is 11.3 Å². The molecule has 0 atom stereocenters. The fourth-order valence-electron chi connectivity index (χ4n) is 3.09. The number of nitrogens with zero attached hydrogens (tertiary/aromatic N) is 3. The van der Waals surface area contributed by atoms with Gasteiger partial charge < -0.3 is 16.0 Å². The Morgan fingerprint density at radius 2 is 2.12 bits per heavy atom. The van der Waals surface area contributed by atoms with Crippen molar-refractivity contribution in [3.05, 3.63) is 47.9 Å². The maximum Gasteiger partial charge on any atom is 0.220 e. The molecule has 0 bridgehead atoms. The first-order valence-corrected chi connectivity index (χ1v) is 8.28. The van der Waals surface area contributed by atoms with Gasteiger partial charge in [-0.15, -0.1) is 0 Å². The van der Waals surface area contributed by atoms with E-state index in [0.29, 0.717) is 6.54 Å². The molecule has 1 fully saturated rings. The second-order valence-corrected chi connectivity index (χ2v) is 6.19. The molecule has 6 nitrogen and oxygen atoms in total. The van der Waals surface area contributed by atoms with Gasteiger partial charge in [-0.05, 0) is 37.5 Å². The molecule has 0 spiro atoms. The molecule has 3 rings (SSSR count). The number of rotatable bonds is 5. The van der Waals surface area contributed by atoms with Crippen molar-refractivity contribution in [2.75, 3.05) is 23.3 Å². The van der Waals surface area contributed by atoms with E-state index in [4.69, 9.17) is 5.73 Å². The minimum Gasteiger partial charge on any atom is -0.381 e. The van der Waals surface area contributed by atoms with Crippen molar-refractivity contribution in [3.8, 4) is 0 Å². The third-order valence-electron chi connectivity index (χ3n) is 4.55. The molecular weight excluding hydrogens is 302 g/mol. The monoisotopic (exact) mass is 325 g/mol. The van der Waals surface area contributed by atoms with Crippen molar-refractivity contribution >= 4 is 17.4 Å². The van der Waals surface area contributed by atoms with Crippen molar-refractivity contribution in [2.24, 2.45) is 11.7 Å². The molecule has 6 heteroatoms. The third kappa shape index (κ3) is 3.64. The second kappa shape index (κ2) is 7.29. The van der Waals surface area contributed by atoms with Gasteiger partial charge in [0.05, 0.1) is 0 Å². The molecule has 0 aliphatic carbocycles. The summed E-state index contributed by atoms with van der Waals surface area (Å²) in [5.41, 5.74) is 8.76. The molecule has 0 saturated carbocycles. The van der Waals surface area contributed by atoms with E-state index >= 15 is 0 Å². The van der Waals surface area contributed by atoms with E-state index in [1.807, 2.05) is 31.5 Å². The maximum absolute atomic E-state index is 11.3. The number of carbonyl (C=O) groups is 1. The van der Waals surface area contributed by atoms with Crippen LogP contribution in [0.1, 0.15) is 24.0 Å². The van der Waals surface area contributed by atoms with Crippen molar-refractivity contribution < 1.29 is 4.79 Å². The Morgan fingerprint density at radius 1 is 1.33 bits per heavy atom. The number of aromatic nitrogens is 2. The summed E-state index contributed by atoms with van der Waals surface area (Å²) in [5.74, 6) is 0.788. The van der Waals surface area contributed by atoms with Gasteiger partial charge in [0.15, 0.2) is 0 Å². The minimum atomic E-state index is -0.189. The highest BCUT2D eigenvalue weighted by molar-refractivity contribution is 5.77. The first-order chi connectivity index (χ1) is 11.6. The van der Waals surface area contributed by atoms with E-state index in [9.17, 15) is 4.79 Å². The lowest BCUT2D eigenvalue weighted by Crippen LogP contribution is -2.39. The first kappa shape index (κ1) is 16.2. The standard InChI is InChI=1S/C18H23N5O/c1-13-11-20-8-4-16(13)22-12-15-3-2-7-21-18(15)23-9-5-14(6-10-23)17(19)24/h2-4,7-8,11,14H,5-6,9-10,12H2,1H3,(H2,19,24)(H,20,22). The van der Waals surface area contributed by atoms with Crippen molar-refractivity contribution in [2.45, 2.75) is 26.3 Å². The van der Waals surface area contributed by atoms with Gasteiger partial charge in [-0.2, -0.15) is 0 Å². The predicted molar refractivity (Wildman–Crippen MR) is 94.7 cm³/mol. The number of hydrogen-bond acceptors (Lipinski definition) is 5. The van der Waals surface area contributed by atoms with Gasteiger partial charge in [-0.25, -0.2) is 4.98 Å². The molecule has 3 N–H and O–H groups in total. The molecule has 2 aromatic heterocycles. The molecule has 0 radical (unpaired) electrons. The normalized spacial score (nSPS) is 15.3. The number of carbonyl (C=O) groups excluding carboxylic acids is 1. The summed E-state index contributed by atoms with van der Waals surface area (Å²) in [7, 11) is 0. The predicted octanol–water partition coefficient (Wildman–Crippen LogP) is 2.10. The smallest absolute Gasteiger partial charge is 0.220 e. The topological polar surface area (TPSA) is 84.1 Å². The molecule has 1 saturated heterocycles. The lowest BCUT2D eigenvalue weighted by atomic mass is 9.96. The molecule has 126 valence electrons. The van der Waals surface area contributed by atoms with E-state index in [2.05, 4.69) is 26.3 Å². The summed E-state index contributed by atoms with van der Waals surface area (Å²) in [5, 5.41) is 3.45. The molecule has 24 heavy (non-hydrogen) atoms. The lowest BCUT2D eigenvalue weighted by Gasteiger charge is -2.32. The molecule has 1 amide bonds. The van der Waals surface area contributed by atoms with Gasteiger partial charge in [-0.1, -0.05) is 6.07 Å². The molecule has 0 aromatic carbocycles. The van der Waals surface area contributed by atoms with Crippen LogP contribution < -0.4 is 16.0 Å². The van der Waals surface area contributed by atoms with Gasteiger partial charge in [-0.3, -0.25) is 9.78 Å². The second-order valence-electron chi connectivity index (χ2n) is 6.19. The van der Waals surface area contributed by atoms with Crippen molar-refractivity contribution in [3.63, 3.8) is 0 Å². The number of aryl methyl sites for hydroxylation is 1. The molecule has 0 unspecified atom stereocenters. The highest BCUT2D eigenvalue weighted by Crippen LogP contribution is 2.25. The Labute approximate surface area is 142 Å². The number of nitrogens with two attached hydrogens (primary N) is 1. The van der Waals surface area contributed by atoms with Crippen LogP contribution in [0.2, 0.25) is 0 Å². The summed E-state index contributed by atoms with van der Waals surface area (Å²) in [6, 6.07) is 6.02. The Kier molecular flexibility index (Phi) is 4.93. The van der Waals surface area contributed by atoms with Gasteiger partial charge in [0, 0.05) is 55.4 Å². The number of nitrogens with one attached hydrogen (secondary N) is 1. The Bertz CT molecular complexity index is 710. The zero-order chi connectivity index (χ0) is 16.9. The van der Waals surface area contributed by atoms with Gasteiger partial charge in [0.1, 0.15) is 5.82 Å². The van der Waals surface area contributed by atoms with Crippen LogP contribution in [0.5, 0.6) is 0 Å². The lowest BCUT2D eigenvalue weighted by molar-refractivity contribution is -0.122. The number of amides is 1. The number of piperidine rings is 1. The van der Waals surface area contributed by atoms with E-state index in [1.54, 1.807) is 6.20 Å². The summed E-state index contributed by atoms with van der Waals surface area (Å²) >= 11 is 0. The first-order valence-electron chi connectivity index (χ1n) is 8.28. The average molecular weight is 325 g/mol. The maximum atomic E-state index is 11.3. The van der Waals surface area contributed by atoms with E-state index in [-0.39, 0.29) is 11.8 Å². The number of pyridine rings is 2. The van der Waals surface area contributed by atoms with Crippen LogP contribution in [-0.4, -0.2) is 29.0 Å². The number of anilines is 2. The van der Waals surface area contributed by atoms with Crippen LogP contribution in [0.25, 0.3) is 0 Å². The molecule has 3 heterocycles. The Morgan fingerprint density at radius 3 is 2.83 bits per heavy atom. The summed E-state index contributed by atoms with van der Waals surface area (Å²) < 4.78 is 0. The van der Waals surface area contributed by atoms with Gasteiger partial charge in [0.25, 0.3) is 0 Å². The van der Waals surface area contributed by atoms with Crippen LogP contribution >= 0.6 is 0 Å². The zero-order valence-corrected chi connectivity index (χ0v) is 13.9.